The maximum Gasteiger partial charge on any atom is 0.322 e. The minimum Gasteiger partial charge on any atom is -0.480 e. The van der Waals surface area contributed by atoms with Crippen molar-refractivity contribution in [3.8, 4) is 0 Å². The fraction of sp³-hybridized carbons (Fsp3) is 0.733. The van der Waals surface area contributed by atoms with Crippen LogP contribution in [-0.4, -0.2) is 46.2 Å². The van der Waals surface area contributed by atoms with E-state index < -0.39 is 22.0 Å². The molecule has 1 saturated heterocycles. The van der Waals surface area contributed by atoms with Crippen LogP contribution in [0.1, 0.15) is 44.5 Å². The molecule has 0 aromatic carbocycles. The summed E-state index contributed by atoms with van der Waals surface area (Å²) in [6.07, 6.45) is 1.77. The summed E-state index contributed by atoms with van der Waals surface area (Å²) in [5, 5.41) is 13.7. The van der Waals surface area contributed by atoms with Crippen LogP contribution in [0.2, 0.25) is 0 Å². The van der Waals surface area contributed by atoms with E-state index in [0.29, 0.717) is 36.7 Å². The third-order valence-electron chi connectivity index (χ3n) is 4.16. The minimum atomic E-state index is -3.86. The molecule has 2 rings (SSSR count). The third kappa shape index (κ3) is 3.42. The molecule has 1 aliphatic heterocycles. The molecular weight excluding hydrogens is 318 g/mol. The number of hydrogen-bond donors (Lipinski definition) is 1. The first-order chi connectivity index (χ1) is 10.7. The highest BCUT2D eigenvalue weighted by Crippen LogP contribution is 2.29. The van der Waals surface area contributed by atoms with Crippen LogP contribution in [0.15, 0.2) is 4.90 Å². The minimum absolute atomic E-state index is 0.159. The fourth-order valence-corrected chi connectivity index (χ4v) is 5.16. The summed E-state index contributed by atoms with van der Waals surface area (Å²) in [4.78, 5) is 11.6. The van der Waals surface area contributed by atoms with Gasteiger partial charge in [-0.25, -0.2) is 8.42 Å². The number of carbonyl (C=O) groups is 1. The Labute approximate surface area is 137 Å². The van der Waals surface area contributed by atoms with Crippen molar-refractivity contribution in [3.05, 3.63) is 11.4 Å². The highest BCUT2D eigenvalue weighted by atomic mass is 32.2. The Morgan fingerprint density at radius 1 is 1.35 bits per heavy atom. The van der Waals surface area contributed by atoms with Gasteiger partial charge in [-0.15, -0.1) is 0 Å². The number of piperidine rings is 1. The summed E-state index contributed by atoms with van der Waals surface area (Å²) in [5.41, 5.74) is 1.00. The van der Waals surface area contributed by atoms with Crippen molar-refractivity contribution < 1.29 is 18.3 Å². The van der Waals surface area contributed by atoms with E-state index in [9.17, 15) is 18.3 Å². The van der Waals surface area contributed by atoms with Gasteiger partial charge in [0.1, 0.15) is 10.9 Å². The van der Waals surface area contributed by atoms with E-state index in [1.165, 1.54) is 0 Å². The van der Waals surface area contributed by atoms with Crippen LogP contribution in [0.3, 0.4) is 0 Å². The fourth-order valence-electron chi connectivity index (χ4n) is 3.13. The summed E-state index contributed by atoms with van der Waals surface area (Å²) >= 11 is 0. The normalized spacial score (nSPS) is 20.1. The molecule has 0 saturated carbocycles. The van der Waals surface area contributed by atoms with Crippen molar-refractivity contribution in [3.63, 3.8) is 0 Å². The first-order valence-electron chi connectivity index (χ1n) is 7.95. The van der Waals surface area contributed by atoms with E-state index >= 15 is 0 Å². The Morgan fingerprint density at radius 3 is 2.57 bits per heavy atom. The quantitative estimate of drug-likeness (QED) is 0.880. The molecule has 0 aliphatic carbocycles. The Morgan fingerprint density at radius 2 is 2.00 bits per heavy atom. The van der Waals surface area contributed by atoms with Gasteiger partial charge >= 0.3 is 5.97 Å². The summed E-state index contributed by atoms with van der Waals surface area (Å²) < 4.78 is 28.9. The second kappa shape index (κ2) is 6.60. The molecule has 1 fully saturated rings. The lowest BCUT2D eigenvalue weighted by Gasteiger charge is -2.31. The lowest BCUT2D eigenvalue weighted by Crippen LogP contribution is -2.48. The van der Waals surface area contributed by atoms with Gasteiger partial charge in [0.2, 0.25) is 10.0 Å². The number of aryl methyl sites for hydroxylation is 1. The average Bonchev–Trinajstić information content (AvgIpc) is 2.73. The zero-order valence-electron chi connectivity index (χ0n) is 14.1. The largest absolute Gasteiger partial charge is 0.480 e. The molecule has 1 aromatic heterocycles. The van der Waals surface area contributed by atoms with Crippen molar-refractivity contribution in [1.29, 1.82) is 0 Å². The van der Waals surface area contributed by atoms with Crippen molar-refractivity contribution in [2.24, 2.45) is 5.92 Å². The number of aliphatic carboxylic acids is 1. The number of sulfonamides is 1. The number of nitrogens with zero attached hydrogens (tertiary/aromatic N) is 3. The van der Waals surface area contributed by atoms with Crippen LogP contribution in [-0.2, 0) is 21.4 Å². The Bertz CT molecular complexity index is 694. The van der Waals surface area contributed by atoms with Crippen molar-refractivity contribution in [1.82, 2.24) is 14.1 Å². The van der Waals surface area contributed by atoms with E-state index in [4.69, 9.17) is 0 Å². The molecule has 0 radical (unpaired) electrons. The molecule has 1 N–H and O–H groups in total. The molecule has 0 bridgehead atoms. The van der Waals surface area contributed by atoms with Gasteiger partial charge in [-0.3, -0.25) is 9.48 Å². The van der Waals surface area contributed by atoms with E-state index in [0.717, 1.165) is 10.7 Å². The molecule has 0 amide bonds. The lowest BCUT2D eigenvalue weighted by molar-refractivity contribution is -0.142. The highest BCUT2D eigenvalue weighted by Gasteiger charge is 2.40. The second-order valence-corrected chi connectivity index (χ2v) is 8.37. The van der Waals surface area contributed by atoms with Gasteiger partial charge in [0.15, 0.2) is 0 Å². The standard InChI is InChI=1S/C15H25N3O4S/c1-10(2)9-17-12(4)14(11(3)16-17)23(21,22)18-8-6-5-7-13(18)15(19)20/h10,13H,5-9H2,1-4H3,(H,19,20). The Hall–Kier alpha value is -1.41. The summed E-state index contributed by atoms with van der Waals surface area (Å²) in [6, 6.07) is -0.985. The van der Waals surface area contributed by atoms with Crippen LogP contribution >= 0.6 is 0 Å². The molecule has 2 heterocycles. The number of carboxylic acid groups (broad SMARTS) is 1. The van der Waals surface area contributed by atoms with Gasteiger partial charge in [-0.05, 0) is 39.0 Å². The van der Waals surface area contributed by atoms with Crippen molar-refractivity contribution in [2.75, 3.05) is 6.54 Å². The van der Waals surface area contributed by atoms with Gasteiger partial charge in [-0.1, -0.05) is 13.8 Å². The average molecular weight is 343 g/mol. The first-order valence-corrected chi connectivity index (χ1v) is 9.39. The number of carboxylic acids is 1. The highest BCUT2D eigenvalue weighted by molar-refractivity contribution is 7.89. The predicted octanol–water partition coefficient (Wildman–Crippen LogP) is 1.78. The molecule has 1 aliphatic rings. The monoisotopic (exact) mass is 343 g/mol. The maximum atomic E-state index is 13.1. The van der Waals surface area contributed by atoms with Gasteiger partial charge in [-0.2, -0.15) is 9.40 Å². The molecule has 0 spiro atoms. The van der Waals surface area contributed by atoms with E-state index in [2.05, 4.69) is 5.10 Å². The number of hydrogen-bond acceptors (Lipinski definition) is 4. The van der Waals surface area contributed by atoms with Crippen molar-refractivity contribution in [2.45, 2.75) is 64.4 Å². The molecule has 7 nitrogen and oxygen atoms in total. The first kappa shape index (κ1) is 17.9. The van der Waals surface area contributed by atoms with Gasteiger partial charge < -0.3 is 5.11 Å². The van der Waals surface area contributed by atoms with Gasteiger partial charge in [0, 0.05) is 13.1 Å². The number of aromatic nitrogens is 2. The molecule has 1 atom stereocenters. The molecule has 8 heteroatoms. The molecule has 130 valence electrons. The van der Waals surface area contributed by atoms with Crippen LogP contribution in [0.25, 0.3) is 0 Å². The third-order valence-corrected chi connectivity index (χ3v) is 6.32. The Kier molecular flexibility index (Phi) is 5.15. The summed E-state index contributed by atoms with van der Waals surface area (Å²) in [6.45, 7) is 8.34. The molecule has 1 unspecified atom stereocenters. The summed E-state index contributed by atoms with van der Waals surface area (Å²) in [5.74, 6) is -0.747. The van der Waals surface area contributed by atoms with Crippen molar-refractivity contribution >= 4 is 16.0 Å². The maximum absolute atomic E-state index is 13.1. The van der Waals surface area contributed by atoms with E-state index in [-0.39, 0.29) is 11.4 Å². The molecular formula is C15H25N3O4S. The van der Waals surface area contributed by atoms with E-state index in [1.807, 2.05) is 13.8 Å². The molecule has 1 aromatic rings. The second-order valence-electron chi connectivity index (χ2n) is 6.54. The summed E-state index contributed by atoms with van der Waals surface area (Å²) in [7, 11) is -3.86. The molecule has 23 heavy (non-hydrogen) atoms. The van der Waals surface area contributed by atoms with Crippen LogP contribution in [0, 0.1) is 19.8 Å². The van der Waals surface area contributed by atoms with E-state index in [1.54, 1.807) is 18.5 Å². The van der Waals surface area contributed by atoms with Gasteiger partial charge in [0.05, 0.1) is 11.4 Å². The van der Waals surface area contributed by atoms with Gasteiger partial charge in [0.25, 0.3) is 0 Å². The van der Waals surface area contributed by atoms with Crippen LogP contribution < -0.4 is 0 Å². The zero-order valence-corrected chi connectivity index (χ0v) is 14.9. The SMILES string of the molecule is Cc1nn(CC(C)C)c(C)c1S(=O)(=O)N1CCCCC1C(=O)O. The lowest BCUT2D eigenvalue weighted by atomic mass is 10.1. The number of rotatable bonds is 5. The Balaban J connectivity index is 2.47. The van der Waals surface area contributed by atoms with Crippen LogP contribution in [0.5, 0.6) is 0 Å². The smallest absolute Gasteiger partial charge is 0.322 e. The topological polar surface area (TPSA) is 92.5 Å². The predicted molar refractivity (Wildman–Crippen MR) is 85.7 cm³/mol. The zero-order chi connectivity index (χ0) is 17.4. The van der Waals surface area contributed by atoms with Crippen LogP contribution in [0.4, 0.5) is 0 Å².